The molecule has 102 valence electrons. The minimum absolute atomic E-state index is 0.428. The number of nitrogens with zero attached hydrogens (tertiary/aromatic N) is 2. The molecular weight excluding hydrogens is 261 g/mol. The second-order valence-corrected chi connectivity index (χ2v) is 3.85. The largest absolute Gasteiger partial charge is 0.418 e. The van der Waals surface area contributed by atoms with Crippen LogP contribution in [-0.4, -0.2) is 17.6 Å². The lowest BCUT2D eigenvalue weighted by molar-refractivity contribution is -0.137. The number of Topliss-reactive ketones (excluding diaryl/α,β-unsaturated/α-hetero) is 2. The number of hydrogen-bond acceptors (Lipinski definition) is 4. The molecule has 0 aliphatic heterocycles. The van der Waals surface area contributed by atoms with Gasteiger partial charge in [-0.25, -0.2) is 0 Å². The number of benzene rings is 1. The van der Waals surface area contributed by atoms with Crippen LogP contribution in [0, 0.1) is 0 Å². The minimum Gasteiger partial charge on any atom is -0.297 e. The molecule has 4 nitrogen and oxygen atoms in total. The topological polar surface area (TPSA) is 58.9 Å². The smallest absolute Gasteiger partial charge is 0.297 e. The molecule has 0 spiro atoms. The van der Waals surface area contributed by atoms with Crippen molar-refractivity contribution in [3.05, 3.63) is 29.8 Å². The van der Waals surface area contributed by atoms with Gasteiger partial charge in [0.25, 0.3) is 0 Å². The molecule has 0 saturated carbocycles. The summed E-state index contributed by atoms with van der Waals surface area (Å²) in [5, 5.41) is 6.77. The Bertz CT molecular complexity index is 510. The minimum atomic E-state index is -4.57. The van der Waals surface area contributed by atoms with Gasteiger partial charge in [-0.1, -0.05) is 12.1 Å². The summed E-state index contributed by atoms with van der Waals surface area (Å²) in [6.45, 7) is 2.25. The average molecular weight is 272 g/mol. The zero-order valence-corrected chi connectivity index (χ0v) is 10.2. The van der Waals surface area contributed by atoms with E-state index < -0.39 is 35.0 Å². The van der Waals surface area contributed by atoms with Crippen molar-refractivity contribution in [2.45, 2.75) is 26.1 Å². The molecule has 0 unspecified atom stereocenters. The Morgan fingerprint density at radius 2 is 1.63 bits per heavy atom. The molecule has 0 fully saturated rings. The number of ketones is 2. The van der Waals surface area contributed by atoms with Crippen LogP contribution in [0.15, 0.2) is 34.5 Å². The van der Waals surface area contributed by atoms with E-state index in [0.717, 1.165) is 26.0 Å². The van der Waals surface area contributed by atoms with Crippen LogP contribution in [-0.2, 0) is 15.8 Å². The predicted molar refractivity (Wildman–Crippen MR) is 61.1 cm³/mol. The quantitative estimate of drug-likeness (QED) is 0.623. The van der Waals surface area contributed by atoms with E-state index >= 15 is 0 Å². The summed E-state index contributed by atoms with van der Waals surface area (Å²) in [5.41, 5.74) is -1.40. The Labute approximate surface area is 107 Å². The van der Waals surface area contributed by atoms with Gasteiger partial charge in [-0.2, -0.15) is 23.4 Å². The number of carbonyl (C=O) groups excluding carboxylic acids is 2. The summed E-state index contributed by atoms with van der Waals surface area (Å²) in [7, 11) is 0. The fourth-order valence-electron chi connectivity index (χ4n) is 1.37. The summed E-state index contributed by atoms with van der Waals surface area (Å²) in [5.74, 6) is -1.14. The molecule has 0 aliphatic carbocycles. The molecule has 0 aromatic heterocycles. The van der Waals surface area contributed by atoms with E-state index in [4.69, 9.17) is 0 Å². The van der Waals surface area contributed by atoms with E-state index in [1.165, 1.54) is 12.1 Å². The molecule has 0 N–H and O–H groups in total. The van der Waals surface area contributed by atoms with E-state index in [9.17, 15) is 22.8 Å². The van der Waals surface area contributed by atoms with Gasteiger partial charge in [0.05, 0.1) is 11.3 Å². The summed E-state index contributed by atoms with van der Waals surface area (Å²) in [6, 6.07) is 3.19. The molecule has 0 heterocycles. The first-order valence-electron chi connectivity index (χ1n) is 5.31. The summed E-state index contributed by atoms with van der Waals surface area (Å²) in [6.07, 6.45) is -4.57. The number of carbonyl (C=O) groups is 2. The molecule has 1 rings (SSSR count). The molecular formula is C12H11F3N2O2. The van der Waals surface area contributed by atoms with Gasteiger partial charge < -0.3 is 0 Å². The van der Waals surface area contributed by atoms with Crippen LogP contribution in [0.25, 0.3) is 0 Å². The molecule has 0 radical (unpaired) electrons. The normalized spacial score (nSPS) is 12.1. The van der Waals surface area contributed by atoms with E-state index in [0.29, 0.717) is 0 Å². The Hall–Kier alpha value is -2.05. The van der Waals surface area contributed by atoms with Crippen molar-refractivity contribution in [1.82, 2.24) is 0 Å². The van der Waals surface area contributed by atoms with Crippen molar-refractivity contribution in [3.63, 3.8) is 0 Å². The molecule has 0 aliphatic rings. The average Bonchev–Trinajstić information content (AvgIpc) is 2.27. The van der Waals surface area contributed by atoms with Crippen LogP contribution in [0.2, 0.25) is 0 Å². The predicted octanol–water partition coefficient (Wildman–Crippen LogP) is 3.34. The summed E-state index contributed by atoms with van der Waals surface area (Å²) >= 11 is 0. The number of azo groups is 1. The van der Waals surface area contributed by atoms with Crippen molar-refractivity contribution >= 4 is 17.3 Å². The van der Waals surface area contributed by atoms with Crippen molar-refractivity contribution in [2.24, 2.45) is 10.2 Å². The van der Waals surface area contributed by atoms with E-state index in [-0.39, 0.29) is 0 Å². The van der Waals surface area contributed by atoms with Crippen LogP contribution in [0.4, 0.5) is 18.9 Å². The molecule has 0 bridgehead atoms. The second-order valence-electron chi connectivity index (χ2n) is 3.85. The molecule has 19 heavy (non-hydrogen) atoms. The van der Waals surface area contributed by atoms with Crippen LogP contribution >= 0.6 is 0 Å². The van der Waals surface area contributed by atoms with Crippen molar-refractivity contribution in [3.8, 4) is 0 Å². The highest BCUT2D eigenvalue weighted by molar-refractivity contribution is 6.04. The molecule has 0 atom stereocenters. The van der Waals surface area contributed by atoms with Gasteiger partial charge in [-0.3, -0.25) is 9.59 Å². The van der Waals surface area contributed by atoms with Gasteiger partial charge in [0.2, 0.25) is 0 Å². The fraction of sp³-hybridized carbons (Fsp3) is 0.333. The Morgan fingerprint density at radius 1 is 1.11 bits per heavy atom. The molecule has 1 aromatic rings. The third kappa shape index (κ3) is 3.97. The highest BCUT2D eigenvalue weighted by Gasteiger charge is 2.33. The number of rotatable bonds is 4. The van der Waals surface area contributed by atoms with Crippen molar-refractivity contribution < 1.29 is 22.8 Å². The lowest BCUT2D eigenvalue weighted by Gasteiger charge is -2.09. The maximum absolute atomic E-state index is 12.7. The SMILES string of the molecule is CC(=O)C(N=Nc1ccccc1C(F)(F)F)C(C)=O. The van der Waals surface area contributed by atoms with Gasteiger partial charge in [0.15, 0.2) is 17.6 Å². The van der Waals surface area contributed by atoms with E-state index in [1.54, 1.807) is 0 Å². The van der Waals surface area contributed by atoms with E-state index in [1.807, 2.05) is 0 Å². The van der Waals surface area contributed by atoms with Crippen LogP contribution < -0.4 is 0 Å². The van der Waals surface area contributed by atoms with Gasteiger partial charge in [-0.15, -0.1) is 0 Å². The maximum Gasteiger partial charge on any atom is 0.418 e. The number of halogens is 3. The number of hydrogen-bond donors (Lipinski definition) is 0. The monoisotopic (exact) mass is 272 g/mol. The highest BCUT2D eigenvalue weighted by Crippen LogP contribution is 2.36. The third-order valence-electron chi connectivity index (χ3n) is 2.26. The van der Waals surface area contributed by atoms with E-state index in [2.05, 4.69) is 10.2 Å². The lowest BCUT2D eigenvalue weighted by atomic mass is 10.1. The molecule has 1 aromatic carbocycles. The third-order valence-corrected chi connectivity index (χ3v) is 2.26. The first kappa shape index (κ1) is 15.0. The van der Waals surface area contributed by atoms with Crippen LogP contribution in [0.3, 0.4) is 0 Å². The van der Waals surface area contributed by atoms with Crippen molar-refractivity contribution in [2.75, 3.05) is 0 Å². The zero-order chi connectivity index (χ0) is 14.6. The lowest BCUT2D eigenvalue weighted by Crippen LogP contribution is -2.23. The van der Waals surface area contributed by atoms with Gasteiger partial charge >= 0.3 is 6.18 Å². The molecule has 0 amide bonds. The molecule has 7 heteroatoms. The zero-order valence-electron chi connectivity index (χ0n) is 10.2. The Kier molecular flexibility index (Phi) is 4.52. The standard InChI is InChI=1S/C12H11F3N2O2/c1-7(18)11(8(2)19)17-16-10-6-4-3-5-9(10)12(13,14)15/h3-6,11H,1-2H3. The second kappa shape index (κ2) is 5.73. The first-order valence-corrected chi connectivity index (χ1v) is 5.31. The van der Waals surface area contributed by atoms with Crippen LogP contribution in [0.5, 0.6) is 0 Å². The van der Waals surface area contributed by atoms with Crippen molar-refractivity contribution in [1.29, 1.82) is 0 Å². The Balaban J connectivity index is 3.12. The van der Waals surface area contributed by atoms with Crippen LogP contribution in [0.1, 0.15) is 19.4 Å². The number of alkyl halides is 3. The van der Waals surface area contributed by atoms with Gasteiger partial charge in [-0.05, 0) is 26.0 Å². The maximum atomic E-state index is 12.7. The summed E-state index contributed by atoms with van der Waals surface area (Å²) < 4.78 is 38.0. The van der Waals surface area contributed by atoms with Gasteiger partial charge in [0.1, 0.15) is 0 Å². The highest BCUT2D eigenvalue weighted by atomic mass is 19.4. The summed E-state index contributed by atoms with van der Waals surface area (Å²) in [4.78, 5) is 22.2. The van der Waals surface area contributed by atoms with Gasteiger partial charge in [0, 0.05) is 0 Å². The first-order chi connectivity index (χ1) is 8.73. The Morgan fingerprint density at radius 3 is 2.11 bits per heavy atom. The molecule has 0 saturated heterocycles. The fourth-order valence-corrected chi connectivity index (χ4v) is 1.37.